The molecule has 1 saturated carbocycles. The highest BCUT2D eigenvalue weighted by molar-refractivity contribution is 6.32. The first-order valence-electron chi connectivity index (χ1n) is 7.58. The van der Waals surface area contributed by atoms with Gasteiger partial charge in [-0.1, -0.05) is 11.6 Å². The molecule has 23 heavy (non-hydrogen) atoms. The number of halogens is 2. The average Bonchev–Trinajstić information content (AvgIpc) is 2.97. The summed E-state index contributed by atoms with van der Waals surface area (Å²) >= 11 is 5.75. The fourth-order valence-corrected chi connectivity index (χ4v) is 3.52. The predicted molar refractivity (Wildman–Crippen MR) is 81.1 cm³/mol. The van der Waals surface area contributed by atoms with Crippen molar-refractivity contribution in [1.29, 1.82) is 0 Å². The Morgan fingerprint density at radius 3 is 2.87 bits per heavy atom. The zero-order chi connectivity index (χ0) is 16.6. The third-order valence-corrected chi connectivity index (χ3v) is 4.79. The molecule has 1 aromatic carbocycles. The number of benzene rings is 1. The van der Waals surface area contributed by atoms with Crippen molar-refractivity contribution in [3.8, 4) is 5.75 Å². The molecule has 0 aromatic heterocycles. The van der Waals surface area contributed by atoms with E-state index in [0.29, 0.717) is 26.2 Å². The Morgan fingerprint density at radius 2 is 2.22 bits per heavy atom. The number of ether oxygens (including phenoxy) is 1. The molecule has 1 heterocycles. The van der Waals surface area contributed by atoms with E-state index in [4.69, 9.17) is 16.3 Å². The number of morpholine rings is 1. The molecule has 2 aliphatic rings. The van der Waals surface area contributed by atoms with E-state index in [0.717, 1.165) is 18.9 Å². The number of carbonyl (C=O) groups excluding carboxylic acids is 2. The Morgan fingerprint density at radius 1 is 1.43 bits per heavy atom. The van der Waals surface area contributed by atoms with Crippen molar-refractivity contribution in [2.75, 3.05) is 19.8 Å². The van der Waals surface area contributed by atoms with Crippen LogP contribution in [0.2, 0.25) is 5.02 Å². The van der Waals surface area contributed by atoms with Gasteiger partial charge in [-0.3, -0.25) is 9.59 Å². The Balaban J connectivity index is 1.88. The van der Waals surface area contributed by atoms with Crippen molar-refractivity contribution in [3.05, 3.63) is 28.5 Å². The molecule has 1 N–H and O–H groups in total. The molecule has 2 fully saturated rings. The van der Waals surface area contributed by atoms with Gasteiger partial charge in [0.2, 0.25) is 0 Å². The van der Waals surface area contributed by atoms with Gasteiger partial charge in [-0.05, 0) is 25.0 Å². The van der Waals surface area contributed by atoms with Gasteiger partial charge >= 0.3 is 0 Å². The molecule has 1 saturated heterocycles. The lowest BCUT2D eigenvalue weighted by Gasteiger charge is -2.38. The highest BCUT2D eigenvalue weighted by atomic mass is 35.5. The van der Waals surface area contributed by atoms with E-state index < -0.39 is 17.5 Å². The number of phenols is 1. The molecule has 1 aromatic rings. The van der Waals surface area contributed by atoms with E-state index in [1.165, 1.54) is 6.07 Å². The van der Waals surface area contributed by atoms with E-state index in [-0.39, 0.29) is 28.3 Å². The molecule has 124 valence electrons. The lowest BCUT2D eigenvalue weighted by molar-refractivity contribution is -0.124. The summed E-state index contributed by atoms with van der Waals surface area (Å²) in [5.74, 6) is -2.10. The van der Waals surface area contributed by atoms with Crippen LogP contribution >= 0.6 is 11.6 Å². The minimum absolute atomic E-state index is 0.0580. The van der Waals surface area contributed by atoms with Crippen molar-refractivity contribution in [2.45, 2.75) is 25.3 Å². The van der Waals surface area contributed by atoms with Crippen molar-refractivity contribution in [3.63, 3.8) is 0 Å². The number of phenolic OH excluding ortho intramolecular Hbond substituents is 1. The Kier molecular flexibility index (Phi) is 4.55. The Bertz CT molecular complexity index is 628. The molecular weight excluding hydrogens is 325 g/mol. The van der Waals surface area contributed by atoms with Crippen LogP contribution in [0.4, 0.5) is 4.39 Å². The Labute approximate surface area is 138 Å². The van der Waals surface area contributed by atoms with Crippen molar-refractivity contribution in [1.82, 2.24) is 4.90 Å². The molecular formula is C16H17ClFNO4. The van der Waals surface area contributed by atoms with Crippen LogP contribution in [-0.2, 0) is 9.53 Å². The monoisotopic (exact) mass is 341 g/mol. The highest BCUT2D eigenvalue weighted by Gasteiger charge is 2.39. The quantitative estimate of drug-likeness (QED) is 0.897. The summed E-state index contributed by atoms with van der Waals surface area (Å²) in [6.07, 6.45) is 2.09. The normalized spacial score (nSPS) is 25.0. The van der Waals surface area contributed by atoms with Gasteiger partial charge in [0.15, 0.2) is 11.6 Å². The van der Waals surface area contributed by atoms with Gasteiger partial charge in [0.05, 0.1) is 24.3 Å². The summed E-state index contributed by atoms with van der Waals surface area (Å²) in [6.45, 7) is 1.02. The van der Waals surface area contributed by atoms with Gasteiger partial charge in [0.25, 0.3) is 5.91 Å². The van der Waals surface area contributed by atoms with E-state index in [9.17, 15) is 19.1 Å². The van der Waals surface area contributed by atoms with E-state index in [2.05, 4.69) is 0 Å². The fourth-order valence-electron chi connectivity index (χ4n) is 3.31. The molecule has 1 amide bonds. The minimum Gasteiger partial charge on any atom is -0.504 e. The van der Waals surface area contributed by atoms with E-state index >= 15 is 0 Å². The van der Waals surface area contributed by atoms with E-state index in [1.54, 1.807) is 4.90 Å². The van der Waals surface area contributed by atoms with Crippen LogP contribution in [0, 0.1) is 11.7 Å². The standard InChI is InChI=1S/C16H17ClFNO4/c17-11-6-9(7-12(18)15(11)21)16(22)19-4-5-23-8-13(19)10-2-1-3-14(10)20/h6-7,10,13,21H,1-5,8H2. The van der Waals surface area contributed by atoms with Gasteiger partial charge in [-0.2, -0.15) is 0 Å². The van der Waals surface area contributed by atoms with Gasteiger partial charge in [0.1, 0.15) is 5.78 Å². The molecule has 0 spiro atoms. The molecule has 2 unspecified atom stereocenters. The highest BCUT2D eigenvalue weighted by Crippen LogP contribution is 2.32. The number of nitrogens with zero attached hydrogens (tertiary/aromatic N) is 1. The largest absolute Gasteiger partial charge is 0.504 e. The van der Waals surface area contributed by atoms with Crippen LogP contribution in [0.5, 0.6) is 5.75 Å². The first kappa shape index (κ1) is 16.2. The van der Waals surface area contributed by atoms with Crippen LogP contribution in [0.3, 0.4) is 0 Å². The molecule has 5 nitrogen and oxygen atoms in total. The number of amides is 1. The number of Topliss-reactive ketones (excluding diaryl/α,β-unsaturated/α-hetero) is 1. The van der Waals surface area contributed by atoms with Gasteiger partial charge in [-0.25, -0.2) is 4.39 Å². The van der Waals surface area contributed by atoms with Gasteiger partial charge in [-0.15, -0.1) is 0 Å². The maximum absolute atomic E-state index is 13.6. The van der Waals surface area contributed by atoms with Crippen molar-refractivity contribution >= 4 is 23.3 Å². The second-order valence-electron chi connectivity index (χ2n) is 5.89. The first-order valence-corrected chi connectivity index (χ1v) is 7.96. The number of rotatable bonds is 2. The summed E-state index contributed by atoms with van der Waals surface area (Å²) < 4.78 is 19.1. The molecule has 2 atom stereocenters. The van der Waals surface area contributed by atoms with Gasteiger partial charge in [0, 0.05) is 24.4 Å². The maximum Gasteiger partial charge on any atom is 0.254 e. The summed E-state index contributed by atoms with van der Waals surface area (Å²) in [5, 5.41) is 9.17. The van der Waals surface area contributed by atoms with Crippen molar-refractivity contribution < 1.29 is 23.8 Å². The van der Waals surface area contributed by atoms with Crippen LogP contribution in [0.1, 0.15) is 29.6 Å². The molecule has 3 rings (SSSR count). The van der Waals surface area contributed by atoms with Crippen LogP contribution in [0.25, 0.3) is 0 Å². The van der Waals surface area contributed by atoms with Crippen LogP contribution in [-0.4, -0.2) is 47.5 Å². The third-order valence-electron chi connectivity index (χ3n) is 4.51. The first-order chi connectivity index (χ1) is 11.0. The zero-order valence-corrected chi connectivity index (χ0v) is 13.2. The molecule has 0 radical (unpaired) electrons. The number of hydrogen-bond acceptors (Lipinski definition) is 4. The molecule has 0 bridgehead atoms. The SMILES string of the molecule is O=C1CCCC1C1COCCN1C(=O)c1cc(F)c(O)c(Cl)c1. The Hall–Kier alpha value is -1.66. The molecule has 7 heteroatoms. The van der Waals surface area contributed by atoms with Gasteiger partial charge < -0.3 is 14.7 Å². The van der Waals surface area contributed by atoms with Crippen LogP contribution in [0.15, 0.2) is 12.1 Å². The number of ketones is 1. The lowest BCUT2D eigenvalue weighted by Crippen LogP contribution is -2.53. The number of aromatic hydroxyl groups is 1. The second kappa shape index (κ2) is 6.45. The zero-order valence-electron chi connectivity index (χ0n) is 12.4. The van der Waals surface area contributed by atoms with Crippen molar-refractivity contribution in [2.24, 2.45) is 5.92 Å². The summed E-state index contributed by atoms with van der Waals surface area (Å²) in [6, 6.07) is 1.87. The summed E-state index contributed by atoms with van der Waals surface area (Å²) in [7, 11) is 0. The smallest absolute Gasteiger partial charge is 0.254 e. The lowest BCUT2D eigenvalue weighted by atomic mass is 9.94. The second-order valence-corrected chi connectivity index (χ2v) is 6.30. The van der Waals surface area contributed by atoms with E-state index in [1.807, 2.05) is 0 Å². The topological polar surface area (TPSA) is 66.8 Å². The molecule has 1 aliphatic carbocycles. The molecule has 1 aliphatic heterocycles. The number of hydrogen-bond donors (Lipinski definition) is 1. The average molecular weight is 342 g/mol. The summed E-state index contributed by atoms with van der Waals surface area (Å²) in [5.41, 5.74) is 0.0580. The maximum atomic E-state index is 13.6. The third kappa shape index (κ3) is 3.05. The minimum atomic E-state index is -0.942. The fraction of sp³-hybridized carbons (Fsp3) is 0.500. The summed E-state index contributed by atoms with van der Waals surface area (Å²) in [4.78, 5) is 26.3. The number of carbonyl (C=O) groups is 2. The predicted octanol–water partition coefficient (Wildman–Crippen LogP) is 2.39. The van der Waals surface area contributed by atoms with Crippen LogP contribution < -0.4 is 0 Å².